The third-order valence-electron chi connectivity index (χ3n) is 5.77. The molecule has 1 N–H and O–H groups in total. The second-order valence-corrected chi connectivity index (χ2v) is 9.74. The van der Waals surface area contributed by atoms with Crippen LogP contribution in [0.4, 0.5) is 5.69 Å². The molecule has 0 bridgehead atoms. The average Bonchev–Trinajstić information content (AvgIpc) is 2.87. The zero-order valence-corrected chi connectivity index (χ0v) is 21.2. The summed E-state index contributed by atoms with van der Waals surface area (Å²) >= 11 is 0. The van der Waals surface area contributed by atoms with E-state index in [0.29, 0.717) is 5.75 Å². The van der Waals surface area contributed by atoms with E-state index in [1.54, 1.807) is 36.5 Å². The summed E-state index contributed by atoms with van der Waals surface area (Å²) in [6.45, 7) is 5.51. The number of amides is 1. The zero-order valence-electron chi connectivity index (χ0n) is 20.4. The molecule has 184 valence electrons. The lowest BCUT2D eigenvalue weighted by Gasteiger charge is -2.25. The molecule has 3 aromatic carbocycles. The van der Waals surface area contributed by atoms with E-state index in [1.807, 2.05) is 32.9 Å². The SMILES string of the molecule is COc1ccc(OC)c(N(CC(=O)N/N=C\c2ccc(C)c(C)c2C)S(=O)(=O)c2ccccc2)c1. The minimum Gasteiger partial charge on any atom is -0.497 e. The maximum Gasteiger partial charge on any atom is 0.264 e. The van der Waals surface area contributed by atoms with Gasteiger partial charge < -0.3 is 9.47 Å². The van der Waals surface area contributed by atoms with Crippen LogP contribution in [0.2, 0.25) is 0 Å². The Balaban J connectivity index is 1.94. The van der Waals surface area contributed by atoms with Crippen molar-refractivity contribution in [1.82, 2.24) is 5.43 Å². The number of hydrazone groups is 1. The highest BCUT2D eigenvalue weighted by molar-refractivity contribution is 7.92. The van der Waals surface area contributed by atoms with E-state index in [-0.39, 0.29) is 16.3 Å². The first kappa shape index (κ1) is 25.8. The fourth-order valence-electron chi connectivity index (χ4n) is 3.47. The van der Waals surface area contributed by atoms with Crippen LogP contribution in [0.25, 0.3) is 0 Å². The van der Waals surface area contributed by atoms with Crippen molar-refractivity contribution in [3.8, 4) is 11.5 Å². The molecule has 0 saturated carbocycles. The number of nitrogens with one attached hydrogen (secondary N) is 1. The summed E-state index contributed by atoms with van der Waals surface area (Å²) in [5.41, 5.74) is 6.82. The van der Waals surface area contributed by atoms with Crippen molar-refractivity contribution in [2.45, 2.75) is 25.7 Å². The summed E-state index contributed by atoms with van der Waals surface area (Å²) < 4.78 is 38.8. The summed E-state index contributed by atoms with van der Waals surface area (Å²) in [6, 6.07) is 16.5. The number of carbonyl (C=O) groups excluding carboxylic acids is 1. The van der Waals surface area contributed by atoms with Crippen LogP contribution in [0.3, 0.4) is 0 Å². The van der Waals surface area contributed by atoms with E-state index in [1.165, 1.54) is 32.4 Å². The van der Waals surface area contributed by atoms with E-state index in [9.17, 15) is 13.2 Å². The molecule has 0 saturated heterocycles. The fraction of sp³-hybridized carbons (Fsp3) is 0.231. The molecule has 0 radical (unpaired) electrons. The van der Waals surface area contributed by atoms with Crippen molar-refractivity contribution in [1.29, 1.82) is 0 Å². The van der Waals surface area contributed by atoms with Gasteiger partial charge in [-0.3, -0.25) is 9.10 Å². The first-order valence-corrected chi connectivity index (χ1v) is 12.3. The molecule has 0 heterocycles. The second-order valence-electron chi connectivity index (χ2n) is 7.88. The largest absolute Gasteiger partial charge is 0.497 e. The summed E-state index contributed by atoms with van der Waals surface area (Å²) in [4.78, 5) is 12.9. The molecule has 8 nitrogen and oxygen atoms in total. The van der Waals surface area contributed by atoms with E-state index in [2.05, 4.69) is 10.5 Å². The molecule has 3 aromatic rings. The smallest absolute Gasteiger partial charge is 0.264 e. The number of carbonyl (C=O) groups is 1. The average molecular weight is 496 g/mol. The van der Waals surface area contributed by atoms with Crippen molar-refractivity contribution in [3.63, 3.8) is 0 Å². The number of anilines is 1. The molecule has 1 amide bonds. The van der Waals surface area contributed by atoms with Crippen molar-refractivity contribution in [3.05, 3.63) is 82.9 Å². The highest BCUT2D eigenvalue weighted by atomic mass is 32.2. The van der Waals surface area contributed by atoms with Crippen LogP contribution in [0, 0.1) is 20.8 Å². The van der Waals surface area contributed by atoms with Crippen molar-refractivity contribution in [2.75, 3.05) is 25.1 Å². The second kappa shape index (κ2) is 11.1. The van der Waals surface area contributed by atoms with Crippen LogP contribution >= 0.6 is 0 Å². The van der Waals surface area contributed by atoms with Gasteiger partial charge in [-0.05, 0) is 67.3 Å². The molecular formula is C26H29N3O5S. The van der Waals surface area contributed by atoms with Crippen LogP contribution < -0.4 is 19.2 Å². The lowest BCUT2D eigenvalue weighted by molar-refractivity contribution is -0.119. The highest BCUT2D eigenvalue weighted by Crippen LogP contribution is 2.35. The minimum atomic E-state index is -4.12. The molecule has 0 fully saturated rings. The number of hydrogen-bond donors (Lipinski definition) is 1. The molecule has 0 aliphatic rings. The Morgan fingerprint density at radius 3 is 2.34 bits per heavy atom. The molecule has 9 heteroatoms. The highest BCUT2D eigenvalue weighted by Gasteiger charge is 2.29. The maximum absolute atomic E-state index is 13.6. The van der Waals surface area contributed by atoms with Crippen LogP contribution in [-0.4, -0.2) is 41.3 Å². The summed E-state index contributed by atoms with van der Waals surface area (Å²) in [5.74, 6) is 0.0668. The third kappa shape index (κ3) is 5.81. The molecule has 0 spiro atoms. The number of rotatable bonds is 9. The summed E-state index contributed by atoms with van der Waals surface area (Å²) in [7, 11) is -1.22. The molecule has 0 aliphatic carbocycles. The van der Waals surface area contributed by atoms with Crippen LogP contribution in [0.5, 0.6) is 11.5 Å². The van der Waals surface area contributed by atoms with E-state index < -0.39 is 22.5 Å². The van der Waals surface area contributed by atoms with E-state index in [4.69, 9.17) is 9.47 Å². The normalized spacial score (nSPS) is 11.3. The number of methoxy groups -OCH3 is 2. The van der Waals surface area contributed by atoms with Gasteiger partial charge in [0.2, 0.25) is 0 Å². The lowest BCUT2D eigenvalue weighted by atomic mass is 10.00. The van der Waals surface area contributed by atoms with Crippen molar-refractivity contribution in [2.24, 2.45) is 5.10 Å². The van der Waals surface area contributed by atoms with Gasteiger partial charge in [-0.2, -0.15) is 5.10 Å². The molecule has 0 aromatic heterocycles. The van der Waals surface area contributed by atoms with Crippen LogP contribution in [0.1, 0.15) is 22.3 Å². The monoisotopic (exact) mass is 495 g/mol. The first-order valence-electron chi connectivity index (χ1n) is 10.9. The van der Waals surface area contributed by atoms with Gasteiger partial charge in [-0.15, -0.1) is 0 Å². The Morgan fingerprint density at radius 1 is 0.971 bits per heavy atom. The predicted octanol–water partition coefficient (Wildman–Crippen LogP) is 3.97. The van der Waals surface area contributed by atoms with Gasteiger partial charge in [0.1, 0.15) is 18.0 Å². The lowest BCUT2D eigenvalue weighted by Crippen LogP contribution is -2.39. The number of nitrogens with zero attached hydrogens (tertiary/aromatic N) is 2. The Labute approximate surface area is 206 Å². The number of hydrogen-bond acceptors (Lipinski definition) is 6. The molecule has 35 heavy (non-hydrogen) atoms. The minimum absolute atomic E-state index is 0.0342. The quantitative estimate of drug-likeness (QED) is 0.358. The Kier molecular flexibility index (Phi) is 8.14. The van der Waals surface area contributed by atoms with Crippen LogP contribution in [0.15, 0.2) is 70.7 Å². The topological polar surface area (TPSA) is 97.3 Å². The molecular weight excluding hydrogens is 466 g/mol. The summed E-state index contributed by atoms with van der Waals surface area (Å²) in [6.07, 6.45) is 1.54. The van der Waals surface area contributed by atoms with Gasteiger partial charge in [0, 0.05) is 6.07 Å². The first-order chi connectivity index (χ1) is 16.7. The standard InChI is InChI=1S/C26H29N3O5S/c1-18-11-12-21(20(3)19(18)2)16-27-28-26(30)17-29(35(31,32)23-9-7-6-8-10-23)24-15-22(33-4)13-14-25(24)34-5/h6-16H,17H2,1-5H3,(H,28,30)/b27-16-. The Hall–Kier alpha value is -3.85. The van der Waals surface area contributed by atoms with E-state index in [0.717, 1.165) is 26.6 Å². The Bertz CT molecular complexity index is 1340. The third-order valence-corrected chi connectivity index (χ3v) is 7.54. The van der Waals surface area contributed by atoms with E-state index >= 15 is 0 Å². The van der Waals surface area contributed by atoms with Gasteiger partial charge in [-0.1, -0.05) is 30.3 Å². The fourth-order valence-corrected chi connectivity index (χ4v) is 4.91. The van der Waals surface area contributed by atoms with Gasteiger partial charge in [0.15, 0.2) is 0 Å². The number of sulfonamides is 1. The molecule has 3 rings (SSSR count). The van der Waals surface area contributed by atoms with Crippen molar-refractivity contribution < 1.29 is 22.7 Å². The van der Waals surface area contributed by atoms with Gasteiger partial charge in [0.25, 0.3) is 15.9 Å². The Morgan fingerprint density at radius 2 is 1.69 bits per heavy atom. The van der Waals surface area contributed by atoms with Crippen molar-refractivity contribution >= 4 is 27.8 Å². The number of aryl methyl sites for hydroxylation is 1. The molecule has 0 unspecified atom stereocenters. The van der Waals surface area contributed by atoms with Gasteiger partial charge >= 0.3 is 0 Å². The molecule has 0 atom stereocenters. The number of ether oxygens (including phenoxy) is 2. The van der Waals surface area contributed by atoms with Gasteiger partial charge in [0.05, 0.1) is 31.0 Å². The van der Waals surface area contributed by atoms with Crippen LogP contribution in [-0.2, 0) is 14.8 Å². The molecule has 0 aliphatic heterocycles. The number of benzene rings is 3. The zero-order chi connectivity index (χ0) is 25.6. The maximum atomic E-state index is 13.6. The predicted molar refractivity (Wildman–Crippen MR) is 137 cm³/mol. The van der Waals surface area contributed by atoms with Gasteiger partial charge in [-0.25, -0.2) is 13.8 Å². The summed E-state index contributed by atoms with van der Waals surface area (Å²) in [5, 5.41) is 4.05.